The number of hydrogen-bond donors (Lipinski definition) is 1. The molecular weight excluding hydrogens is 268 g/mol. The summed E-state index contributed by atoms with van der Waals surface area (Å²) in [5.74, 6) is 0.892. The number of aromatic nitrogens is 1. The molecule has 4 heteroatoms. The van der Waals surface area contributed by atoms with E-state index in [-0.39, 0.29) is 6.10 Å². The summed E-state index contributed by atoms with van der Waals surface area (Å²) in [5, 5.41) is 11.3. The number of fused-ring (bicyclic) bond motifs is 2. The first-order valence-corrected chi connectivity index (χ1v) is 9.09. The van der Waals surface area contributed by atoms with Gasteiger partial charge in [0.25, 0.3) is 0 Å². The van der Waals surface area contributed by atoms with Crippen LogP contribution in [0.1, 0.15) is 68.0 Å². The van der Waals surface area contributed by atoms with E-state index < -0.39 is 0 Å². The van der Waals surface area contributed by atoms with Crippen molar-refractivity contribution in [1.29, 1.82) is 0 Å². The molecule has 3 atom stereocenters. The van der Waals surface area contributed by atoms with Gasteiger partial charge in [-0.3, -0.25) is 0 Å². The summed E-state index contributed by atoms with van der Waals surface area (Å²) < 4.78 is 0. The van der Waals surface area contributed by atoms with Crippen molar-refractivity contribution in [2.45, 2.75) is 69.9 Å². The topological polar surface area (TPSA) is 36.4 Å². The van der Waals surface area contributed by atoms with E-state index in [0.717, 1.165) is 36.9 Å². The normalized spacial score (nSPS) is 33.6. The molecular formula is C16H24N2OS. The van der Waals surface area contributed by atoms with Crippen molar-refractivity contribution in [3.8, 4) is 0 Å². The lowest BCUT2D eigenvalue weighted by Crippen LogP contribution is -2.46. The molecule has 1 N–H and O–H groups in total. The molecule has 0 bridgehead atoms. The van der Waals surface area contributed by atoms with Crippen LogP contribution in [-0.4, -0.2) is 22.7 Å². The molecule has 0 radical (unpaired) electrons. The van der Waals surface area contributed by atoms with Crippen LogP contribution in [0, 0.1) is 5.92 Å². The molecule has 1 saturated carbocycles. The fraction of sp³-hybridized carbons (Fsp3) is 0.812. The number of aliphatic hydroxyl groups is 1. The second-order valence-corrected chi connectivity index (χ2v) is 7.72. The number of nitrogens with zero attached hydrogens (tertiary/aromatic N) is 2. The molecule has 2 heterocycles. The fourth-order valence-electron chi connectivity index (χ4n) is 4.37. The first-order valence-electron chi connectivity index (χ1n) is 8.27. The molecule has 110 valence electrons. The molecule has 1 aromatic heterocycles. The summed E-state index contributed by atoms with van der Waals surface area (Å²) in [6, 6.07) is 0.724. The summed E-state index contributed by atoms with van der Waals surface area (Å²) >= 11 is 1.86. The van der Waals surface area contributed by atoms with Crippen LogP contribution < -0.4 is 4.90 Å². The smallest absolute Gasteiger partial charge is 0.186 e. The maximum absolute atomic E-state index is 10.1. The molecule has 2 aliphatic carbocycles. The number of rotatable bonds is 1. The Kier molecular flexibility index (Phi) is 3.47. The predicted octanol–water partition coefficient (Wildman–Crippen LogP) is 3.67. The number of anilines is 1. The Morgan fingerprint density at radius 1 is 1.05 bits per heavy atom. The predicted molar refractivity (Wildman–Crippen MR) is 82.3 cm³/mol. The lowest BCUT2D eigenvalue weighted by Gasteiger charge is -2.44. The van der Waals surface area contributed by atoms with Gasteiger partial charge in [0, 0.05) is 17.5 Å². The minimum Gasteiger partial charge on any atom is -0.387 e. The number of hydrogen-bond acceptors (Lipinski definition) is 4. The monoisotopic (exact) mass is 292 g/mol. The summed E-state index contributed by atoms with van der Waals surface area (Å²) in [5.41, 5.74) is 0.995. The van der Waals surface area contributed by atoms with Crippen LogP contribution in [0.5, 0.6) is 0 Å². The lowest BCUT2D eigenvalue weighted by atomic mass is 9.78. The zero-order valence-corrected chi connectivity index (χ0v) is 12.9. The molecule has 0 aromatic carbocycles. The first-order chi connectivity index (χ1) is 9.83. The van der Waals surface area contributed by atoms with Crippen LogP contribution in [0.25, 0.3) is 0 Å². The Balaban J connectivity index is 1.63. The minimum atomic E-state index is -0.310. The van der Waals surface area contributed by atoms with Crippen LogP contribution in [0.3, 0.4) is 0 Å². The van der Waals surface area contributed by atoms with Gasteiger partial charge in [0.15, 0.2) is 5.13 Å². The number of piperidine rings is 1. The third-order valence-corrected chi connectivity index (χ3v) is 6.57. The molecule has 1 aromatic rings. The Hall–Kier alpha value is -0.610. The highest BCUT2D eigenvalue weighted by atomic mass is 32.1. The van der Waals surface area contributed by atoms with Gasteiger partial charge in [-0.25, -0.2) is 4.98 Å². The third kappa shape index (κ3) is 2.17. The number of thiazole rings is 1. The molecule has 4 rings (SSSR count). The molecule has 0 amide bonds. The van der Waals surface area contributed by atoms with Crippen molar-refractivity contribution in [3.63, 3.8) is 0 Å². The van der Waals surface area contributed by atoms with E-state index in [0.29, 0.717) is 0 Å². The van der Waals surface area contributed by atoms with Crippen molar-refractivity contribution in [3.05, 3.63) is 10.6 Å². The van der Waals surface area contributed by atoms with Crippen molar-refractivity contribution >= 4 is 16.5 Å². The Labute approximate surface area is 125 Å². The Morgan fingerprint density at radius 2 is 1.90 bits per heavy atom. The summed E-state index contributed by atoms with van der Waals surface area (Å²) in [6.45, 7) is 1.17. The number of aliphatic hydroxyl groups excluding tert-OH is 1. The van der Waals surface area contributed by atoms with E-state index in [4.69, 9.17) is 4.98 Å². The van der Waals surface area contributed by atoms with Crippen molar-refractivity contribution in [2.24, 2.45) is 5.92 Å². The zero-order valence-electron chi connectivity index (χ0n) is 12.1. The second kappa shape index (κ2) is 5.30. The van der Waals surface area contributed by atoms with Crippen LogP contribution >= 0.6 is 11.3 Å². The van der Waals surface area contributed by atoms with Gasteiger partial charge < -0.3 is 10.0 Å². The molecule has 1 aliphatic heterocycles. The number of aryl methyl sites for hydroxylation is 1. The lowest BCUT2D eigenvalue weighted by molar-refractivity contribution is 0.153. The van der Waals surface area contributed by atoms with E-state index in [1.165, 1.54) is 55.1 Å². The van der Waals surface area contributed by atoms with Crippen LogP contribution in [-0.2, 0) is 6.42 Å². The Bertz CT molecular complexity index is 485. The molecule has 1 saturated heterocycles. The van der Waals surface area contributed by atoms with Crippen molar-refractivity contribution < 1.29 is 5.11 Å². The van der Waals surface area contributed by atoms with Gasteiger partial charge in [0.1, 0.15) is 0 Å². The average molecular weight is 292 g/mol. The van der Waals surface area contributed by atoms with E-state index in [1.54, 1.807) is 0 Å². The van der Waals surface area contributed by atoms with Gasteiger partial charge in [-0.1, -0.05) is 12.8 Å². The quantitative estimate of drug-likeness (QED) is 0.858. The van der Waals surface area contributed by atoms with Gasteiger partial charge in [0.05, 0.1) is 11.8 Å². The van der Waals surface area contributed by atoms with Crippen molar-refractivity contribution in [2.75, 3.05) is 11.4 Å². The highest BCUT2D eigenvalue weighted by Crippen LogP contribution is 2.42. The second-order valence-electron chi connectivity index (χ2n) is 6.66. The van der Waals surface area contributed by atoms with E-state index in [9.17, 15) is 5.11 Å². The molecule has 3 nitrogen and oxygen atoms in total. The van der Waals surface area contributed by atoms with Gasteiger partial charge in [-0.05, 0) is 50.9 Å². The van der Waals surface area contributed by atoms with Gasteiger partial charge in [-0.2, -0.15) is 0 Å². The standard InChI is InChI=1S/C16H24N2OS/c19-13-8-3-9-14-15(13)17-16(20-14)18-10-4-6-11-5-1-2-7-12(11)18/h11-13,19H,1-10H2. The summed E-state index contributed by atoms with van der Waals surface area (Å²) in [7, 11) is 0. The van der Waals surface area contributed by atoms with Crippen molar-refractivity contribution in [1.82, 2.24) is 4.98 Å². The molecule has 20 heavy (non-hydrogen) atoms. The van der Waals surface area contributed by atoms with Crippen LogP contribution in [0.4, 0.5) is 5.13 Å². The van der Waals surface area contributed by atoms with Gasteiger partial charge in [-0.15, -0.1) is 11.3 Å². The molecule has 3 unspecified atom stereocenters. The fourth-order valence-corrected chi connectivity index (χ4v) is 5.61. The average Bonchev–Trinajstić information content (AvgIpc) is 2.92. The molecule has 0 spiro atoms. The summed E-state index contributed by atoms with van der Waals surface area (Å²) in [4.78, 5) is 8.77. The van der Waals surface area contributed by atoms with Crippen LogP contribution in [0.2, 0.25) is 0 Å². The highest BCUT2D eigenvalue weighted by molar-refractivity contribution is 7.15. The summed E-state index contributed by atoms with van der Waals surface area (Å²) in [6.07, 6.45) is 11.1. The molecule has 3 aliphatic rings. The largest absolute Gasteiger partial charge is 0.387 e. The maximum Gasteiger partial charge on any atom is 0.186 e. The van der Waals surface area contributed by atoms with Crippen LogP contribution in [0.15, 0.2) is 0 Å². The minimum absolute atomic E-state index is 0.310. The third-order valence-electron chi connectivity index (χ3n) is 5.40. The first kappa shape index (κ1) is 13.1. The highest BCUT2D eigenvalue weighted by Gasteiger charge is 2.35. The van der Waals surface area contributed by atoms with Gasteiger partial charge >= 0.3 is 0 Å². The van der Waals surface area contributed by atoms with E-state index >= 15 is 0 Å². The maximum atomic E-state index is 10.1. The Morgan fingerprint density at radius 3 is 2.80 bits per heavy atom. The zero-order chi connectivity index (χ0) is 13.5. The molecule has 2 fully saturated rings. The van der Waals surface area contributed by atoms with E-state index in [2.05, 4.69) is 4.90 Å². The SMILES string of the molecule is OC1CCCc2sc(N3CCCC4CCCCC43)nc21. The van der Waals surface area contributed by atoms with Gasteiger partial charge in [0.2, 0.25) is 0 Å². The van der Waals surface area contributed by atoms with E-state index in [1.807, 2.05) is 11.3 Å².